The molecule has 3 rings (SSSR count). The summed E-state index contributed by atoms with van der Waals surface area (Å²) in [7, 11) is 0. The number of nitrogens with one attached hydrogen (secondary N) is 1. The Kier molecular flexibility index (Phi) is 2.82. The molecule has 0 spiro atoms. The largest absolute Gasteiger partial charge is 0.508 e. The van der Waals surface area contributed by atoms with Gasteiger partial charge in [0.1, 0.15) is 11.6 Å². The van der Waals surface area contributed by atoms with E-state index >= 15 is 0 Å². The van der Waals surface area contributed by atoms with Gasteiger partial charge in [0.05, 0.1) is 11.0 Å². The number of halogens is 1. The van der Waals surface area contributed by atoms with E-state index in [0.717, 1.165) is 38.0 Å². The Balaban J connectivity index is 2.20. The van der Waals surface area contributed by atoms with Crippen LogP contribution in [0.5, 0.6) is 5.75 Å². The average Bonchev–Trinajstić information content (AvgIpc) is 2.76. The van der Waals surface area contributed by atoms with Crippen molar-refractivity contribution in [1.82, 2.24) is 9.97 Å². The number of hydrogen-bond acceptors (Lipinski definition) is 2. The van der Waals surface area contributed by atoms with Gasteiger partial charge in [-0.05, 0) is 55.3 Å². The molecule has 0 amide bonds. The van der Waals surface area contributed by atoms with Crippen LogP contribution in [0.15, 0.2) is 34.8 Å². The van der Waals surface area contributed by atoms with Gasteiger partial charge in [-0.2, -0.15) is 0 Å². The Hall–Kier alpha value is -1.81. The number of aromatic amines is 1. The van der Waals surface area contributed by atoms with Crippen molar-refractivity contribution in [1.29, 1.82) is 0 Å². The van der Waals surface area contributed by atoms with E-state index in [-0.39, 0.29) is 0 Å². The fourth-order valence-electron chi connectivity index (χ4n) is 2.19. The SMILES string of the molecule is Cc1cc(-c2nc3c(C)cc(Br)cc3[nH]2)ccc1O. The van der Waals surface area contributed by atoms with Gasteiger partial charge in [-0.3, -0.25) is 0 Å². The maximum absolute atomic E-state index is 9.57. The topological polar surface area (TPSA) is 48.9 Å². The van der Waals surface area contributed by atoms with E-state index in [2.05, 4.69) is 32.0 Å². The van der Waals surface area contributed by atoms with Gasteiger partial charge in [-0.25, -0.2) is 4.98 Å². The van der Waals surface area contributed by atoms with Crippen molar-refractivity contribution in [3.8, 4) is 17.1 Å². The van der Waals surface area contributed by atoms with E-state index in [9.17, 15) is 5.11 Å². The van der Waals surface area contributed by atoms with Crippen molar-refractivity contribution >= 4 is 27.0 Å². The summed E-state index contributed by atoms with van der Waals surface area (Å²) in [4.78, 5) is 7.95. The van der Waals surface area contributed by atoms with Gasteiger partial charge in [0.15, 0.2) is 0 Å². The number of nitrogens with zero attached hydrogens (tertiary/aromatic N) is 1. The first-order valence-corrected chi connectivity index (χ1v) is 6.80. The van der Waals surface area contributed by atoms with E-state index in [1.165, 1.54) is 0 Å². The molecule has 96 valence electrons. The summed E-state index contributed by atoms with van der Waals surface area (Å²) in [6.45, 7) is 3.92. The molecule has 0 bridgehead atoms. The lowest BCUT2D eigenvalue weighted by Gasteiger charge is -2.00. The highest BCUT2D eigenvalue weighted by molar-refractivity contribution is 9.10. The number of H-pyrrole nitrogens is 1. The summed E-state index contributed by atoms with van der Waals surface area (Å²) >= 11 is 3.49. The second-order valence-electron chi connectivity index (χ2n) is 4.71. The third-order valence-corrected chi connectivity index (χ3v) is 3.67. The quantitative estimate of drug-likeness (QED) is 0.702. The van der Waals surface area contributed by atoms with Crippen LogP contribution < -0.4 is 0 Å². The summed E-state index contributed by atoms with van der Waals surface area (Å²) in [5.41, 5.74) is 4.93. The van der Waals surface area contributed by atoms with Crippen LogP contribution in [0.25, 0.3) is 22.4 Å². The van der Waals surface area contributed by atoms with Gasteiger partial charge in [0, 0.05) is 10.0 Å². The molecule has 1 heterocycles. The number of rotatable bonds is 1. The van der Waals surface area contributed by atoms with Crippen LogP contribution in [0, 0.1) is 13.8 Å². The van der Waals surface area contributed by atoms with Gasteiger partial charge >= 0.3 is 0 Å². The van der Waals surface area contributed by atoms with Crippen LogP contribution in [-0.2, 0) is 0 Å². The molecule has 0 fully saturated rings. The maximum atomic E-state index is 9.57. The normalized spacial score (nSPS) is 11.1. The third kappa shape index (κ3) is 2.12. The van der Waals surface area contributed by atoms with Gasteiger partial charge in [0.2, 0.25) is 0 Å². The molecule has 1 aromatic heterocycles. The predicted octanol–water partition coefficient (Wildman–Crippen LogP) is 4.31. The van der Waals surface area contributed by atoms with Crippen LogP contribution in [0.2, 0.25) is 0 Å². The van der Waals surface area contributed by atoms with E-state index in [1.807, 2.05) is 32.0 Å². The molecule has 0 aliphatic heterocycles. The minimum atomic E-state index is 0.304. The minimum absolute atomic E-state index is 0.304. The van der Waals surface area contributed by atoms with Crippen LogP contribution in [0.3, 0.4) is 0 Å². The molecule has 0 saturated carbocycles. The van der Waals surface area contributed by atoms with Crippen LogP contribution in [0.4, 0.5) is 0 Å². The highest BCUT2D eigenvalue weighted by Gasteiger charge is 2.09. The second kappa shape index (κ2) is 4.38. The number of aromatic nitrogens is 2. The van der Waals surface area contributed by atoms with Crippen LogP contribution >= 0.6 is 15.9 Å². The lowest BCUT2D eigenvalue weighted by atomic mass is 10.1. The summed E-state index contributed by atoms with van der Waals surface area (Å²) in [5, 5.41) is 9.57. The standard InChI is InChI=1S/C15H13BrN2O/c1-8-5-10(3-4-13(8)19)15-17-12-7-11(16)6-9(2)14(12)18-15/h3-7,19H,1-2H3,(H,17,18). The molecule has 3 nitrogen and oxygen atoms in total. The van der Waals surface area contributed by atoms with E-state index in [0.29, 0.717) is 5.75 Å². The van der Waals surface area contributed by atoms with Gasteiger partial charge in [-0.1, -0.05) is 15.9 Å². The highest BCUT2D eigenvalue weighted by Crippen LogP contribution is 2.28. The first-order valence-electron chi connectivity index (χ1n) is 6.00. The fourth-order valence-corrected chi connectivity index (χ4v) is 2.76. The van der Waals surface area contributed by atoms with Crippen molar-refractivity contribution in [2.24, 2.45) is 0 Å². The number of benzene rings is 2. The minimum Gasteiger partial charge on any atom is -0.508 e. The first kappa shape index (κ1) is 12.2. The highest BCUT2D eigenvalue weighted by atomic mass is 79.9. The molecule has 2 aromatic carbocycles. The number of hydrogen-bond donors (Lipinski definition) is 2. The van der Waals surface area contributed by atoms with Gasteiger partial charge in [0.25, 0.3) is 0 Å². The predicted molar refractivity (Wildman–Crippen MR) is 80.4 cm³/mol. The molecule has 4 heteroatoms. The zero-order valence-corrected chi connectivity index (χ0v) is 12.2. The summed E-state index contributed by atoms with van der Waals surface area (Å²) < 4.78 is 1.04. The first-order chi connectivity index (χ1) is 9.04. The number of fused-ring (bicyclic) bond motifs is 1. The molecule has 0 unspecified atom stereocenters. The summed E-state index contributed by atoms with van der Waals surface area (Å²) in [6, 6.07) is 9.56. The fraction of sp³-hybridized carbons (Fsp3) is 0.133. The number of imidazole rings is 1. The Bertz CT molecular complexity index is 777. The molecule has 19 heavy (non-hydrogen) atoms. The molecule has 0 radical (unpaired) electrons. The number of aromatic hydroxyl groups is 1. The Labute approximate surface area is 119 Å². The molecular formula is C15H13BrN2O. The smallest absolute Gasteiger partial charge is 0.138 e. The molecule has 0 aliphatic carbocycles. The van der Waals surface area contributed by atoms with Crippen molar-refractivity contribution in [3.05, 3.63) is 45.9 Å². The molecule has 0 saturated heterocycles. The molecular weight excluding hydrogens is 304 g/mol. The zero-order chi connectivity index (χ0) is 13.6. The second-order valence-corrected chi connectivity index (χ2v) is 5.62. The van der Waals surface area contributed by atoms with Crippen LogP contribution in [0.1, 0.15) is 11.1 Å². The molecule has 0 aliphatic rings. The summed E-state index contributed by atoms with van der Waals surface area (Å²) in [6.07, 6.45) is 0. The molecule has 2 N–H and O–H groups in total. The number of phenolic OH excluding ortho intramolecular Hbond substituents is 1. The van der Waals surface area contributed by atoms with Gasteiger partial charge < -0.3 is 10.1 Å². The van der Waals surface area contributed by atoms with Crippen molar-refractivity contribution in [2.75, 3.05) is 0 Å². The number of aryl methyl sites for hydroxylation is 2. The Morgan fingerprint density at radius 3 is 2.63 bits per heavy atom. The van der Waals surface area contributed by atoms with Crippen molar-refractivity contribution < 1.29 is 5.11 Å². The van der Waals surface area contributed by atoms with E-state index in [4.69, 9.17) is 0 Å². The maximum Gasteiger partial charge on any atom is 0.138 e. The lowest BCUT2D eigenvalue weighted by Crippen LogP contribution is -1.82. The lowest BCUT2D eigenvalue weighted by molar-refractivity contribution is 0.471. The Morgan fingerprint density at radius 2 is 1.89 bits per heavy atom. The van der Waals surface area contributed by atoms with E-state index in [1.54, 1.807) is 6.07 Å². The van der Waals surface area contributed by atoms with E-state index < -0.39 is 0 Å². The number of phenols is 1. The average molecular weight is 317 g/mol. The van der Waals surface area contributed by atoms with Crippen molar-refractivity contribution in [3.63, 3.8) is 0 Å². The van der Waals surface area contributed by atoms with Crippen molar-refractivity contribution in [2.45, 2.75) is 13.8 Å². The van der Waals surface area contributed by atoms with Crippen LogP contribution in [-0.4, -0.2) is 15.1 Å². The zero-order valence-electron chi connectivity index (χ0n) is 10.7. The Morgan fingerprint density at radius 1 is 1.11 bits per heavy atom. The summed E-state index contributed by atoms with van der Waals surface area (Å²) in [5.74, 6) is 1.12. The molecule has 3 aromatic rings. The third-order valence-electron chi connectivity index (χ3n) is 3.21. The monoisotopic (exact) mass is 316 g/mol. The molecule has 0 atom stereocenters. The van der Waals surface area contributed by atoms with Gasteiger partial charge in [-0.15, -0.1) is 0 Å².